The average molecular weight is 319 g/mol. The summed E-state index contributed by atoms with van der Waals surface area (Å²) < 4.78 is 0. The Morgan fingerprint density at radius 1 is 1.04 bits per heavy atom. The molecular weight excluding hydrogens is 302 g/mol. The number of rotatable bonds is 4. The molecule has 24 heavy (non-hydrogen) atoms. The molecule has 0 amide bonds. The van der Waals surface area contributed by atoms with Gasteiger partial charge in [0.15, 0.2) is 0 Å². The van der Waals surface area contributed by atoms with Crippen LogP contribution in [0.4, 0.5) is 11.5 Å². The third-order valence-electron chi connectivity index (χ3n) is 3.57. The number of nitrogens with one attached hydrogen (secondary N) is 1. The number of fused-ring (bicyclic) bond motifs is 1. The van der Waals surface area contributed by atoms with E-state index in [1.54, 1.807) is 36.4 Å². The molecule has 0 saturated heterocycles. The van der Waals surface area contributed by atoms with Crippen LogP contribution in [0.1, 0.15) is 5.56 Å². The Kier molecular flexibility index (Phi) is 4.07. The minimum absolute atomic E-state index is 0.0439. The Morgan fingerprint density at radius 2 is 1.79 bits per heavy atom. The number of hydrogen-bond acceptors (Lipinski definition) is 5. The first-order valence-corrected chi connectivity index (χ1v) is 7.35. The van der Waals surface area contributed by atoms with Gasteiger partial charge in [-0.15, -0.1) is 0 Å². The maximum absolute atomic E-state index is 9.87. The zero-order chi connectivity index (χ0) is 17.1. The number of para-hydroxylation sites is 2. The molecule has 2 aromatic carbocycles. The number of pyridine rings is 1. The van der Waals surface area contributed by atoms with Crippen molar-refractivity contribution in [3.63, 3.8) is 0 Å². The molecule has 0 aliphatic heterocycles. The van der Waals surface area contributed by atoms with Crippen LogP contribution in [0.15, 0.2) is 66.9 Å². The molecule has 1 heterocycles. The van der Waals surface area contributed by atoms with E-state index in [1.807, 2.05) is 18.2 Å². The highest BCUT2D eigenvalue weighted by Crippen LogP contribution is 2.26. The molecule has 0 unspecified atom stereocenters. The number of aromatic nitrogens is 1. The lowest BCUT2D eigenvalue weighted by Gasteiger charge is -2.08. The second kappa shape index (κ2) is 6.34. The fourth-order valence-corrected chi connectivity index (χ4v) is 2.31. The Morgan fingerprint density at radius 3 is 2.62 bits per heavy atom. The molecule has 5 N–H and O–H groups in total. The van der Waals surface area contributed by atoms with E-state index in [9.17, 15) is 10.2 Å². The van der Waals surface area contributed by atoms with Gasteiger partial charge in [0.25, 0.3) is 0 Å². The lowest BCUT2D eigenvalue weighted by Crippen LogP contribution is -1.98. The van der Waals surface area contributed by atoms with E-state index in [0.717, 1.165) is 5.39 Å². The van der Waals surface area contributed by atoms with E-state index in [-0.39, 0.29) is 11.5 Å². The van der Waals surface area contributed by atoms with Crippen molar-refractivity contribution < 1.29 is 10.2 Å². The Labute approximate surface area is 139 Å². The largest absolute Gasteiger partial charge is 0.506 e. The standard InChI is InChI=1S/C19H17N3O2/c1-12(8-9-13-4-2-6-15(23)18(13)20)21-17-11-10-14-5-3-7-16(24)19(14)22-17/h2-11,23-24H,1,20H2,(H,21,22)/b9-8-. The van der Waals surface area contributed by atoms with Crippen molar-refractivity contribution in [3.8, 4) is 11.5 Å². The summed E-state index contributed by atoms with van der Waals surface area (Å²) >= 11 is 0. The summed E-state index contributed by atoms with van der Waals surface area (Å²) in [6.45, 7) is 3.92. The van der Waals surface area contributed by atoms with E-state index in [4.69, 9.17) is 5.73 Å². The summed E-state index contributed by atoms with van der Waals surface area (Å²) in [5, 5.41) is 23.4. The van der Waals surface area contributed by atoms with Crippen molar-refractivity contribution in [3.05, 3.63) is 72.4 Å². The molecule has 0 aliphatic carbocycles. The van der Waals surface area contributed by atoms with Crippen molar-refractivity contribution in [1.82, 2.24) is 4.98 Å². The molecule has 0 radical (unpaired) electrons. The van der Waals surface area contributed by atoms with Gasteiger partial charge in [-0.2, -0.15) is 0 Å². The number of nitrogens with two attached hydrogens (primary N) is 1. The highest BCUT2D eigenvalue weighted by atomic mass is 16.3. The molecule has 3 rings (SSSR count). The van der Waals surface area contributed by atoms with Gasteiger partial charge in [-0.3, -0.25) is 0 Å². The summed E-state index contributed by atoms with van der Waals surface area (Å²) in [6.07, 6.45) is 3.49. The number of phenols is 2. The number of allylic oxidation sites excluding steroid dienone is 1. The topological polar surface area (TPSA) is 91.4 Å². The van der Waals surface area contributed by atoms with Crippen LogP contribution in [0, 0.1) is 0 Å². The molecule has 3 aromatic rings. The SMILES string of the molecule is C=C(/C=C\c1cccc(O)c1N)Nc1ccc2cccc(O)c2n1. The van der Waals surface area contributed by atoms with Crippen molar-refractivity contribution in [2.75, 3.05) is 11.1 Å². The Balaban J connectivity index is 1.78. The number of aromatic hydroxyl groups is 2. The van der Waals surface area contributed by atoms with Gasteiger partial charge in [0.2, 0.25) is 0 Å². The molecule has 5 heteroatoms. The summed E-state index contributed by atoms with van der Waals surface area (Å²) in [5.41, 5.74) is 7.94. The summed E-state index contributed by atoms with van der Waals surface area (Å²) in [4.78, 5) is 4.38. The van der Waals surface area contributed by atoms with Crippen LogP contribution in [-0.2, 0) is 0 Å². The van der Waals surface area contributed by atoms with Gasteiger partial charge in [-0.1, -0.05) is 36.9 Å². The van der Waals surface area contributed by atoms with Gasteiger partial charge in [0, 0.05) is 16.6 Å². The maximum Gasteiger partial charge on any atom is 0.141 e. The fraction of sp³-hybridized carbons (Fsp3) is 0. The number of benzene rings is 2. The number of nitrogens with zero attached hydrogens (tertiary/aromatic N) is 1. The summed E-state index contributed by atoms with van der Waals surface area (Å²) in [5.74, 6) is 0.745. The van der Waals surface area contributed by atoms with E-state index >= 15 is 0 Å². The summed E-state index contributed by atoms with van der Waals surface area (Å²) in [7, 11) is 0. The van der Waals surface area contributed by atoms with E-state index in [2.05, 4.69) is 16.9 Å². The Hall–Kier alpha value is -3.47. The van der Waals surface area contributed by atoms with Crippen LogP contribution < -0.4 is 11.1 Å². The van der Waals surface area contributed by atoms with Crippen molar-refractivity contribution in [2.45, 2.75) is 0 Å². The molecule has 120 valence electrons. The normalized spacial score (nSPS) is 11.0. The molecule has 5 nitrogen and oxygen atoms in total. The lowest BCUT2D eigenvalue weighted by molar-refractivity contribution is 0.478. The van der Waals surface area contributed by atoms with Crippen molar-refractivity contribution >= 4 is 28.5 Å². The summed E-state index contributed by atoms with van der Waals surface area (Å²) in [6, 6.07) is 14.0. The third kappa shape index (κ3) is 3.15. The van der Waals surface area contributed by atoms with E-state index in [0.29, 0.717) is 28.3 Å². The lowest BCUT2D eigenvalue weighted by atomic mass is 10.1. The molecule has 0 fully saturated rings. The van der Waals surface area contributed by atoms with E-state index in [1.165, 1.54) is 6.07 Å². The molecule has 0 spiro atoms. The van der Waals surface area contributed by atoms with Crippen LogP contribution in [0.3, 0.4) is 0 Å². The zero-order valence-electron chi connectivity index (χ0n) is 12.9. The number of anilines is 2. The zero-order valence-corrected chi connectivity index (χ0v) is 12.9. The molecule has 1 aromatic heterocycles. The first kappa shape index (κ1) is 15.4. The maximum atomic E-state index is 9.87. The highest BCUT2D eigenvalue weighted by Gasteiger charge is 2.03. The minimum Gasteiger partial charge on any atom is -0.506 e. The fourth-order valence-electron chi connectivity index (χ4n) is 2.31. The van der Waals surface area contributed by atoms with Gasteiger partial charge >= 0.3 is 0 Å². The number of nitrogen functional groups attached to an aromatic ring is 1. The van der Waals surface area contributed by atoms with E-state index < -0.39 is 0 Å². The highest BCUT2D eigenvalue weighted by molar-refractivity contribution is 5.85. The molecule has 0 bridgehead atoms. The van der Waals surface area contributed by atoms with Gasteiger partial charge < -0.3 is 21.3 Å². The van der Waals surface area contributed by atoms with Gasteiger partial charge in [-0.05, 0) is 30.3 Å². The second-order valence-corrected chi connectivity index (χ2v) is 5.31. The quantitative estimate of drug-likeness (QED) is 0.333. The van der Waals surface area contributed by atoms with Crippen LogP contribution in [0.25, 0.3) is 17.0 Å². The van der Waals surface area contributed by atoms with Crippen LogP contribution in [-0.4, -0.2) is 15.2 Å². The smallest absolute Gasteiger partial charge is 0.141 e. The minimum atomic E-state index is 0.0439. The monoisotopic (exact) mass is 319 g/mol. The van der Waals surface area contributed by atoms with Gasteiger partial charge in [-0.25, -0.2) is 4.98 Å². The first-order chi connectivity index (χ1) is 11.5. The molecule has 0 saturated carbocycles. The van der Waals surface area contributed by atoms with Crippen LogP contribution in [0.5, 0.6) is 11.5 Å². The van der Waals surface area contributed by atoms with Crippen LogP contribution >= 0.6 is 0 Å². The predicted octanol–water partition coefficient (Wildman–Crippen LogP) is 3.87. The van der Waals surface area contributed by atoms with Gasteiger partial charge in [0.1, 0.15) is 22.8 Å². The third-order valence-corrected chi connectivity index (χ3v) is 3.57. The molecule has 0 atom stereocenters. The second-order valence-electron chi connectivity index (χ2n) is 5.31. The number of phenolic OH excluding ortho intramolecular Hbond substituents is 2. The Bertz CT molecular complexity index is 948. The predicted molar refractivity (Wildman–Crippen MR) is 97.7 cm³/mol. The average Bonchev–Trinajstić information content (AvgIpc) is 2.57. The van der Waals surface area contributed by atoms with Gasteiger partial charge in [0.05, 0.1) is 5.69 Å². The molecule has 0 aliphatic rings. The van der Waals surface area contributed by atoms with Crippen molar-refractivity contribution in [2.24, 2.45) is 0 Å². The molecular formula is C19H17N3O2. The first-order valence-electron chi connectivity index (χ1n) is 7.35. The number of hydrogen-bond donors (Lipinski definition) is 4. The van der Waals surface area contributed by atoms with Crippen molar-refractivity contribution in [1.29, 1.82) is 0 Å². The van der Waals surface area contributed by atoms with Crippen LogP contribution in [0.2, 0.25) is 0 Å².